The molecule has 0 aromatic heterocycles. The Kier molecular flexibility index (Phi) is 6.36. The summed E-state index contributed by atoms with van der Waals surface area (Å²) in [5.41, 5.74) is 6.37. The molecule has 0 heterocycles. The second-order valence-electron chi connectivity index (χ2n) is 6.19. The SMILES string of the molecule is C/C(=N\NC(=O)Cc1ccccc1)c1ccc(OCc2ccccc2)cc1. The van der Waals surface area contributed by atoms with Crippen LogP contribution in [0, 0.1) is 0 Å². The second-order valence-corrected chi connectivity index (χ2v) is 6.19. The Bertz CT molecular complexity index is 889. The molecule has 0 aliphatic carbocycles. The molecule has 4 heteroatoms. The highest BCUT2D eigenvalue weighted by molar-refractivity contribution is 5.99. The summed E-state index contributed by atoms with van der Waals surface area (Å²) in [4.78, 5) is 12.0. The molecule has 0 aliphatic heterocycles. The van der Waals surface area contributed by atoms with Gasteiger partial charge in [0, 0.05) is 0 Å². The van der Waals surface area contributed by atoms with Crippen molar-refractivity contribution in [2.75, 3.05) is 0 Å². The van der Waals surface area contributed by atoms with E-state index in [2.05, 4.69) is 10.5 Å². The Morgan fingerprint density at radius 2 is 1.44 bits per heavy atom. The van der Waals surface area contributed by atoms with E-state index in [4.69, 9.17) is 4.74 Å². The van der Waals surface area contributed by atoms with E-state index in [0.29, 0.717) is 13.0 Å². The van der Waals surface area contributed by atoms with Crippen molar-refractivity contribution in [3.8, 4) is 5.75 Å². The zero-order valence-electron chi connectivity index (χ0n) is 15.3. The summed E-state index contributed by atoms with van der Waals surface area (Å²) in [6.07, 6.45) is 0.309. The van der Waals surface area contributed by atoms with Crippen molar-refractivity contribution in [2.24, 2.45) is 5.10 Å². The van der Waals surface area contributed by atoms with Gasteiger partial charge >= 0.3 is 0 Å². The molecule has 0 saturated heterocycles. The van der Waals surface area contributed by atoms with Gasteiger partial charge in [-0.15, -0.1) is 0 Å². The molecule has 3 aromatic rings. The minimum absolute atomic E-state index is 0.136. The zero-order chi connectivity index (χ0) is 18.9. The smallest absolute Gasteiger partial charge is 0.244 e. The van der Waals surface area contributed by atoms with Gasteiger partial charge in [0.25, 0.3) is 0 Å². The number of nitrogens with one attached hydrogen (secondary N) is 1. The number of hydrogen-bond donors (Lipinski definition) is 1. The van der Waals surface area contributed by atoms with Gasteiger partial charge in [-0.3, -0.25) is 4.79 Å². The molecule has 0 unspecified atom stereocenters. The normalized spacial score (nSPS) is 11.1. The summed E-state index contributed by atoms with van der Waals surface area (Å²) in [5.74, 6) is 0.659. The molecule has 0 atom stereocenters. The number of carbonyl (C=O) groups excluding carboxylic acids is 1. The standard InChI is InChI=1S/C23H22N2O2/c1-18(24-25-23(26)16-19-8-4-2-5-9-19)21-12-14-22(15-13-21)27-17-20-10-6-3-7-11-20/h2-15H,16-17H2,1H3,(H,25,26)/b24-18+. The quantitative estimate of drug-likeness (QED) is 0.504. The van der Waals surface area contributed by atoms with Crippen LogP contribution in [-0.2, 0) is 17.8 Å². The maximum atomic E-state index is 12.0. The molecule has 0 bridgehead atoms. The van der Waals surface area contributed by atoms with Crippen LogP contribution in [0.3, 0.4) is 0 Å². The van der Waals surface area contributed by atoms with Crippen molar-refractivity contribution in [3.05, 3.63) is 102 Å². The molecule has 27 heavy (non-hydrogen) atoms. The molecule has 136 valence electrons. The van der Waals surface area contributed by atoms with E-state index in [9.17, 15) is 4.79 Å². The highest BCUT2D eigenvalue weighted by atomic mass is 16.5. The van der Waals surface area contributed by atoms with Crippen molar-refractivity contribution in [3.63, 3.8) is 0 Å². The Morgan fingerprint density at radius 3 is 2.07 bits per heavy atom. The first-order valence-corrected chi connectivity index (χ1v) is 8.85. The van der Waals surface area contributed by atoms with Gasteiger partial charge < -0.3 is 4.74 Å². The van der Waals surface area contributed by atoms with Gasteiger partial charge in [-0.2, -0.15) is 5.10 Å². The van der Waals surface area contributed by atoms with E-state index in [0.717, 1.165) is 28.2 Å². The van der Waals surface area contributed by atoms with E-state index < -0.39 is 0 Å². The molecular formula is C23H22N2O2. The first-order chi connectivity index (χ1) is 13.2. The summed E-state index contributed by atoms with van der Waals surface area (Å²) < 4.78 is 5.78. The number of hydrazone groups is 1. The second kappa shape index (κ2) is 9.34. The van der Waals surface area contributed by atoms with Crippen molar-refractivity contribution < 1.29 is 9.53 Å². The van der Waals surface area contributed by atoms with Crippen LogP contribution in [0.4, 0.5) is 0 Å². The summed E-state index contributed by atoms with van der Waals surface area (Å²) in [7, 11) is 0. The van der Waals surface area contributed by atoms with E-state index in [1.165, 1.54) is 0 Å². The van der Waals surface area contributed by atoms with Crippen LogP contribution in [0.15, 0.2) is 90.0 Å². The van der Waals surface area contributed by atoms with Crippen LogP contribution >= 0.6 is 0 Å². The number of carbonyl (C=O) groups is 1. The van der Waals surface area contributed by atoms with Crippen LogP contribution in [0.1, 0.15) is 23.6 Å². The highest BCUT2D eigenvalue weighted by Crippen LogP contribution is 2.14. The Balaban J connectivity index is 1.52. The average molecular weight is 358 g/mol. The summed E-state index contributed by atoms with van der Waals surface area (Å²) >= 11 is 0. The maximum Gasteiger partial charge on any atom is 0.244 e. The summed E-state index contributed by atoms with van der Waals surface area (Å²) in [5, 5.41) is 4.19. The van der Waals surface area contributed by atoms with Gasteiger partial charge in [0.05, 0.1) is 12.1 Å². The number of hydrogen-bond acceptors (Lipinski definition) is 3. The number of benzene rings is 3. The fourth-order valence-corrected chi connectivity index (χ4v) is 2.56. The third-order valence-electron chi connectivity index (χ3n) is 4.08. The minimum Gasteiger partial charge on any atom is -0.489 e. The molecule has 0 fully saturated rings. The topological polar surface area (TPSA) is 50.7 Å². The van der Waals surface area contributed by atoms with E-state index in [-0.39, 0.29) is 5.91 Å². The summed E-state index contributed by atoms with van der Waals surface area (Å²) in [6, 6.07) is 27.3. The minimum atomic E-state index is -0.136. The van der Waals surface area contributed by atoms with Gasteiger partial charge in [0.15, 0.2) is 0 Å². The van der Waals surface area contributed by atoms with Gasteiger partial charge in [-0.1, -0.05) is 60.7 Å². The lowest BCUT2D eigenvalue weighted by Gasteiger charge is -2.08. The van der Waals surface area contributed by atoms with E-state index >= 15 is 0 Å². The van der Waals surface area contributed by atoms with Crippen LogP contribution in [-0.4, -0.2) is 11.6 Å². The monoisotopic (exact) mass is 358 g/mol. The molecule has 3 rings (SSSR count). The molecule has 4 nitrogen and oxygen atoms in total. The fraction of sp³-hybridized carbons (Fsp3) is 0.130. The fourth-order valence-electron chi connectivity index (χ4n) is 2.56. The van der Waals surface area contributed by atoms with Crippen molar-refractivity contribution in [2.45, 2.75) is 20.0 Å². The molecule has 0 saturated carbocycles. The lowest BCUT2D eigenvalue weighted by Crippen LogP contribution is -2.21. The third kappa shape index (κ3) is 5.82. The number of amides is 1. The summed E-state index contributed by atoms with van der Waals surface area (Å²) in [6.45, 7) is 2.39. The highest BCUT2D eigenvalue weighted by Gasteiger charge is 2.03. The number of nitrogens with zero attached hydrogens (tertiary/aromatic N) is 1. The molecule has 0 spiro atoms. The maximum absolute atomic E-state index is 12.0. The van der Waals surface area contributed by atoms with Crippen LogP contribution in [0.2, 0.25) is 0 Å². The molecule has 0 radical (unpaired) electrons. The first kappa shape index (κ1) is 18.4. The molecule has 3 aromatic carbocycles. The zero-order valence-corrected chi connectivity index (χ0v) is 15.3. The third-order valence-corrected chi connectivity index (χ3v) is 4.08. The first-order valence-electron chi connectivity index (χ1n) is 8.85. The van der Waals surface area contributed by atoms with Crippen molar-refractivity contribution in [1.82, 2.24) is 5.43 Å². The molecule has 0 aliphatic rings. The van der Waals surface area contributed by atoms with E-state index in [1.54, 1.807) is 0 Å². The van der Waals surface area contributed by atoms with Crippen LogP contribution in [0.5, 0.6) is 5.75 Å². The van der Waals surface area contributed by atoms with Crippen LogP contribution in [0.25, 0.3) is 0 Å². The lowest BCUT2D eigenvalue weighted by molar-refractivity contribution is -0.120. The molecular weight excluding hydrogens is 336 g/mol. The van der Waals surface area contributed by atoms with Gasteiger partial charge in [0.1, 0.15) is 12.4 Å². The van der Waals surface area contributed by atoms with Crippen molar-refractivity contribution in [1.29, 1.82) is 0 Å². The largest absolute Gasteiger partial charge is 0.489 e. The Morgan fingerprint density at radius 1 is 0.852 bits per heavy atom. The predicted molar refractivity (Wildman–Crippen MR) is 108 cm³/mol. The van der Waals surface area contributed by atoms with E-state index in [1.807, 2.05) is 91.9 Å². The molecule has 1 amide bonds. The lowest BCUT2D eigenvalue weighted by atomic mass is 10.1. The predicted octanol–water partition coefficient (Wildman–Crippen LogP) is 4.35. The van der Waals surface area contributed by atoms with Crippen LogP contribution < -0.4 is 10.2 Å². The average Bonchev–Trinajstić information content (AvgIpc) is 2.72. The Labute approximate surface area is 159 Å². The number of ether oxygens (including phenoxy) is 1. The van der Waals surface area contributed by atoms with Crippen molar-refractivity contribution >= 4 is 11.6 Å². The molecule has 1 N–H and O–H groups in total. The van der Waals surface area contributed by atoms with Gasteiger partial charge in [-0.05, 0) is 47.9 Å². The Hall–Kier alpha value is -3.40. The van der Waals surface area contributed by atoms with Gasteiger partial charge in [0.2, 0.25) is 5.91 Å². The van der Waals surface area contributed by atoms with Gasteiger partial charge in [-0.25, -0.2) is 5.43 Å². The number of rotatable bonds is 7.